The largest absolute Gasteiger partial charge is 0.318 e. The Labute approximate surface area is 140 Å². The Hall–Kier alpha value is -2.48. The van der Waals surface area contributed by atoms with Crippen LogP contribution in [0.2, 0.25) is 0 Å². The van der Waals surface area contributed by atoms with Gasteiger partial charge in [-0.15, -0.1) is 0 Å². The van der Waals surface area contributed by atoms with Crippen molar-refractivity contribution in [3.8, 4) is 5.69 Å². The highest BCUT2D eigenvalue weighted by Crippen LogP contribution is 2.19. The van der Waals surface area contributed by atoms with Crippen LogP contribution in [0.5, 0.6) is 0 Å². The summed E-state index contributed by atoms with van der Waals surface area (Å²) in [5.74, 6) is -0.681. The van der Waals surface area contributed by atoms with E-state index in [1.54, 1.807) is 35.4 Å². The molecule has 0 aliphatic rings. The molecule has 23 heavy (non-hydrogen) atoms. The fourth-order valence-electron chi connectivity index (χ4n) is 2.02. The molecular weight excluding hydrogens is 365 g/mol. The van der Waals surface area contributed by atoms with Crippen molar-refractivity contribution in [2.45, 2.75) is 13.5 Å². The molecule has 0 fully saturated rings. The first-order valence-electron chi connectivity index (χ1n) is 6.91. The predicted octanol–water partition coefficient (Wildman–Crippen LogP) is 3.24. The first-order valence-corrected chi connectivity index (χ1v) is 7.71. The van der Waals surface area contributed by atoms with Crippen LogP contribution in [0.1, 0.15) is 17.4 Å². The van der Waals surface area contributed by atoms with E-state index in [2.05, 4.69) is 31.4 Å². The highest BCUT2D eigenvalue weighted by atomic mass is 79.9. The van der Waals surface area contributed by atoms with Crippen molar-refractivity contribution in [3.05, 3.63) is 58.8 Å². The second-order valence-corrected chi connectivity index (χ2v) is 5.64. The molecule has 0 atom stereocenters. The number of halogens is 2. The maximum absolute atomic E-state index is 13.0. The number of hydrogen-bond donors (Lipinski definition) is 1. The number of nitrogens with zero attached hydrogens (tertiary/aromatic N) is 4. The molecule has 3 rings (SSSR count). The number of amides is 1. The normalized spacial score (nSPS) is 10.7. The zero-order valence-corrected chi connectivity index (χ0v) is 13.8. The van der Waals surface area contributed by atoms with Gasteiger partial charge in [-0.2, -0.15) is 10.2 Å². The second kappa shape index (κ2) is 6.33. The summed E-state index contributed by atoms with van der Waals surface area (Å²) >= 11 is 3.32. The average molecular weight is 378 g/mol. The van der Waals surface area contributed by atoms with Crippen LogP contribution in [0.3, 0.4) is 0 Å². The van der Waals surface area contributed by atoms with Crippen molar-refractivity contribution in [1.82, 2.24) is 19.6 Å². The minimum Gasteiger partial charge on any atom is -0.318 e. The Morgan fingerprint density at radius 1 is 1.30 bits per heavy atom. The van der Waals surface area contributed by atoms with Gasteiger partial charge in [0.25, 0.3) is 5.91 Å². The van der Waals surface area contributed by atoms with Gasteiger partial charge in [0, 0.05) is 18.9 Å². The summed E-state index contributed by atoms with van der Waals surface area (Å²) in [6.07, 6.45) is 4.96. The highest BCUT2D eigenvalue weighted by Gasteiger charge is 2.16. The summed E-state index contributed by atoms with van der Waals surface area (Å²) < 4.78 is 16.7. The second-order valence-electron chi connectivity index (χ2n) is 4.79. The lowest BCUT2D eigenvalue weighted by Gasteiger charge is -2.01. The van der Waals surface area contributed by atoms with Gasteiger partial charge in [0.1, 0.15) is 5.82 Å². The molecule has 1 amide bonds. The van der Waals surface area contributed by atoms with E-state index in [1.807, 2.05) is 6.92 Å². The highest BCUT2D eigenvalue weighted by molar-refractivity contribution is 9.10. The topological polar surface area (TPSA) is 64.7 Å². The summed E-state index contributed by atoms with van der Waals surface area (Å²) in [5.41, 5.74) is 1.49. The minimum absolute atomic E-state index is 0.235. The van der Waals surface area contributed by atoms with Gasteiger partial charge in [-0.25, -0.2) is 9.07 Å². The Morgan fingerprint density at radius 2 is 2.04 bits per heavy atom. The van der Waals surface area contributed by atoms with Gasteiger partial charge in [-0.3, -0.25) is 9.48 Å². The zero-order chi connectivity index (χ0) is 16.4. The van der Waals surface area contributed by atoms with Crippen molar-refractivity contribution < 1.29 is 9.18 Å². The van der Waals surface area contributed by atoms with E-state index >= 15 is 0 Å². The number of aromatic nitrogens is 4. The molecular formula is C15H13BrFN5O. The van der Waals surface area contributed by atoms with Gasteiger partial charge >= 0.3 is 0 Å². The Balaban J connectivity index is 1.82. The van der Waals surface area contributed by atoms with Crippen LogP contribution in [0.25, 0.3) is 5.69 Å². The number of anilines is 1. The van der Waals surface area contributed by atoms with Gasteiger partial charge in [-0.1, -0.05) is 0 Å². The van der Waals surface area contributed by atoms with Crippen molar-refractivity contribution >= 4 is 27.5 Å². The van der Waals surface area contributed by atoms with E-state index in [-0.39, 0.29) is 17.4 Å². The summed E-state index contributed by atoms with van der Waals surface area (Å²) in [7, 11) is 0. The standard InChI is InChI=1S/C15H13BrFN5O/c1-2-21-8-11(7-18-21)19-15(23)14-13(16)9-22(20-14)12-5-3-10(17)4-6-12/h3-9H,2H2,1H3,(H,19,23). The Bertz CT molecular complexity index is 840. The molecule has 2 aromatic heterocycles. The smallest absolute Gasteiger partial charge is 0.277 e. The molecule has 118 valence electrons. The van der Waals surface area contributed by atoms with E-state index in [4.69, 9.17) is 0 Å². The van der Waals surface area contributed by atoms with Crippen LogP contribution in [0.15, 0.2) is 47.3 Å². The van der Waals surface area contributed by atoms with E-state index in [0.717, 1.165) is 6.54 Å². The van der Waals surface area contributed by atoms with Crippen LogP contribution in [-0.2, 0) is 6.54 Å². The molecule has 8 heteroatoms. The van der Waals surface area contributed by atoms with Gasteiger partial charge < -0.3 is 5.32 Å². The molecule has 0 saturated carbocycles. The summed E-state index contributed by atoms with van der Waals surface area (Å²) in [5, 5.41) is 11.1. The third kappa shape index (κ3) is 3.31. The number of nitrogens with one attached hydrogen (secondary N) is 1. The van der Waals surface area contributed by atoms with Crippen molar-refractivity contribution in [3.63, 3.8) is 0 Å². The van der Waals surface area contributed by atoms with Gasteiger partial charge in [0.2, 0.25) is 0 Å². The molecule has 0 radical (unpaired) electrons. The molecule has 1 aromatic carbocycles. The molecule has 6 nitrogen and oxygen atoms in total. The number of hydrogen-bond acceptors (Lipinski definition) is 3. The lowest BCUT2D eigenvalue weighted by atomic mass is 10.3. The molecule has 3 aromatic rings. The van der Waals surface area contributed by atoms with E-state index < -0.39 is 0 Å². The number of aryl methyl sites for hydroxylation is 1. The third-order valence-electron chi connectivity index (χ3n) is 3.19. The maximum Gasteiger partial charge on any atom is 0.277 e. The fourth-order valence-corrected chi connectivity index (χ4v) is 2.48. The third-order valence-corrected chi connectivity index (χ3v) is 3.77. The molecule has 0 aliphatic carbocycles. The van der Waals surface area contributed by atoms with E-state index in [1.165, 1.54) is 16.8 Å². The van der Waals surface area contributed by atoms with Crippen LogP contribution in [0, 0.1) is 5.82 Å². The van der Waals surface area contributed by atoms with Crippen LogP contribution < -0.4 is 5.32 Å². The lowest BCUT2D eigenvalue weighted by Crippen LogP contribution is -2.13. The zero-order valence-electron chi connectivity index (χ0n) is 12.2. The van der Waals surface area contributed by atoms with Crippen LogP contribution in [-0.4, -0.2) is 25.5 Å². The Morgan fingerprint density at radius 3 is 2.70 bits per heavy atom. The fraction of sp³-hybridized carbons (Fsp3) is 0.133. The monoisotopic (exact) mass is 377 g/mol. The van der Waals surface area contributed by atoms with Crippen LogP contribution in [0.4, 0.5) is 10.1 Å². The molecule has 1 N–H and O–H groups in total. The SMILES string of the molecule is CCn1cc(NC(=O)c2nn(-c3ccc(F)cc3)cc2Br)cn1. The van der Waals surface area contributed by atoms with Crippen molar-refractivity contribution in [2.24, 2.45) is 0 Å². The molecule has 0 spiro atoms. The molecule has 0 unspecified atom stereocenters. The summed E-state index contributed by atoms with van der Waals surface area (Å²) in [6, 6.07) is 5.84. The van der Waals surface area contributed by atoms with Gasteiger partial charge in [-0.05, 0) is 47.1 Å². The minimum atomic E-state index is -0.353. The number of carbonyl (C=O) groups is 1. The Kier molecular flexibility index (Phi) is 4.24. The molecule has 0 aliphatic heterocycles. The van der Waals surface area contributed by atoms with Crippen molar-refractivity contribution in [2.75, 3.05) is 5.32 Å². The van der Waals surface area contributed by atoms with Crippen molar-refractivity contribution in [1.29, 1.82) is 0 Å². The summed E-state index contributed by atoms with van der Waals surface area (Å²) in [6.45, 7) is 2.68. The van der Waals surface area contributed by atoms with Gasteiger partial charge in [0.05, 0.1) is 22.0 Å². The van der Waals surface area contributed by atoms with Gasteiger partial charge in [0.15, 0.2) is 5.69 Å². The average Bonchev–Trinajstić information content (AvgIpc) is 3.14. The van der Waals surface area contributed by atoms with Crippen LogP contribution >= 0.6 is 15.9 Å². The first-order chi connectivity index (χ1) is 11.1. The molecule has 0 saturated heterocycles. The number of carbonyl (C=O) groups excluding carboxylic acids is 1. The maximum atomic E-state index is 13.0. The molecule has 2 heterocycles. The quantitative estimate of drug-likeness (QED) is 0.758. The lowest BCUT2D eigenvalue weighted by molar-refractivity contribution is 0.102. The van der Waals surface area contributed by atoms with E-state index in [0.29, 0.717) is 15.8 Å². The number of rotatable bonds is 4. The first kappa shape index (κ1) is 15.4. The predicted molar refractivity (Wildman–Crippen MR) is 87.1 cm³/mol. The number of benzene rings is 1. The van der Waals surface area contributed by atoms with E-state index in [9.17, 15) is 9.18 Å². The molecule has 0 bridgehead atoms. The summed E-state index contributed by atoms with van der Waals surface area (Å²) in [4.78, 5) is 12.3.